The minimum absolute atomic E-state index is 0.285. The van der Waals surface area contributed by atoms with E-state index in [1.807, 2.05) is 11.3 Å². The third kappa shape index (κ3) is 1.49. The number of aromatic nitrogens is 2. The highest BCUT2D eigenvalue weighted by atomic mass is 32.1. The number of aryl methyl sites for hydroxylation is 2. The molecule has 16 heavy (non-hydrogen) atoms. The Kier molecular flexibility index (Phi) is 2.33. The Hall–Kier alpha value is -1.13. The summed E-state index contributed by atoms with van der Waals surface area (Å²) >= 11 is 1.87. The van der Waals surface area contributed by atoms with Gasteiger partial charge in [0.05, 0.1) is 18.1 Å². The molecule has 1 aliphatic rings. The fourth-order valence-electron chi connectivity index (χ4n) is 2.20. The second-order valence-corrected chi connectivity index (χ2v) is 5.58. The van der Waals surface area contributed by atoms with Gasteiger partial charge in [0, 0.05) is 28.4 Å². The molecule has 84 valence electrons. The summed E-state index contributed by atoms with van der Waals surface area (Å²) in [4.78, 5) is 10.5. The van der Waals surface area contributed by atoms with Gasteiger partial charge in [-0.15, -0.1) is 11.3 Å². The van der Waals surface area contributed by atoms with E-state index in [4.69, 9.17) is 0 Å². The lowest BCUT2D eigenvalue weighted by Crippen LogP contribution is -2.30. The molecule has 0 aromatic carbocycles. The van der Waals surface area contributed by atoms with E-state index in [9.17, 15) is 0 Å². The number of nitrogens with one attached hydrogen (secondary N) is 2. The van der Waals surface area contributed by atoms with E-state index >= 15 is 0 Å². The second-order valence-electron chi connectivity index (χ2n) is 4.29. The minimum atomic E-state index is 0.285. The molecule has 3 heterocycles. The van der Waals surface area contributed by atoms with Crippen LogP contribution >= 0.6 is 11.3 Å². The number of nitrogens with zero attached hydrogens (tertiary/aromatic N) is 1. The molecule has 0 spiro atoms. The summed E-state index contributed by atoms with van der Waals surface area (Å²) in [5, 5.41) is 3.55. The van der Waals surface area contributed by atoms with Crippen molar-refractivity contribution in [3.8, 4) is 0 Å². The summed E-state index contributed by atoms with van der Waals surface area (Å²) in [6.07, 6.45) is 2.85. The van der Waals surface area contributed by atoms with Gasteiger partial charge in [-0.3, -0.25) is 0 Å². The standard InChI is InChI=1S/C12H15N3S/c1-7-5-10(16-8(7)2)12-11-9(3-4-13-12)14-6-15-11/h5-6,12-13H,3-4H2,1-2H3,(H,14,15)/t12-/m1/s1. The number of imidazole rings is 1. The highest BCUT2D eigenvalue weighted by Crippen LogP contribution is 2.32. The van der Waals surface area contributed by atoms with Crippen LogP contribution in [0.4, 0.5) is 0 Å². The van der Waals surface area contributed by atoms with Gasteiger partial charge in [0.25, 0.3) is 0 Å². The van der Waals surface area contributed by atoms with Gasteiger partial charge in [-0.05, 0) is 25.5 Å². The maximum absolute atomic E-state index is 4.44. The summed E-state index contributed by atoms with van der Waals surface area (Å²) in [6, 6.07) is 2.56. The van der Waals surface area contributed by atoms with Crippen molar-refractivity contribution in [2.45, 2.75) is 26.3 Å². The number of H-pyrrole nitrogens is 1. The van der Waals surface area contributed by atoms with Crippen LogP contribution < -0.4 is 5.32 Å². The number of thiophene rings is 1. The van der Waals surface area contributed by atoms with Crippen LogP contribution in [0, 0.1) is 13.8 Å². The predicted octanol–water partition coefficient (Wildman–Crippen LogP) is 2.32. The maximum atomic E-state index is 4.44. The van der Waals surface area contributed by atoms with Crippen LogP contribution in [0.1, 0.15) is 32.7 Å². The second kappa shape index (κ2) is 3.71. The first-order valence-corrected chi connectivity index (χ1v) is 6.40. The smallest absolute Gasteiger partial charge is 0.0926 e. The number of hydrogen-bond acceptors (Lipinski definition) is 3. The lowest BCUT2D eigenvalue weighted by Gasteiger charge is -2.21. The van der Waals surface area contributed by atoms with Crippen molar-refractivity contribution in [2.75, 3.05) is 6.54 Å². The van der Waals surface area contributed by atoms with Crippen LogP contribution in [-0.2, 0) is 6.42 Å². The molecule has 0 aliphatic carbocycles. The SMILES string of the molecule is Cc1cc([C@H]2NCCc3[nH]cnc32)sc1C. The number of hydrogen-bond donors (Lipinski definition) is 2. The van der Waals surface area contributed by atoms with E-state index in [-0.39, 0.29) is 6.04 Å². The van der Waals surface area contributed by atoms with Gasteiger partial charge in [-0.2, -0.15) is 0 Å². The van der Waals surface area contributed by atoms with Gasteiger partial charge < -0.3 is 10.3 Å². The summed E-state index contributed by atoms with van der Waals surface area (Å²) in [6.45, 7) is 5.37. The van der Waals surface area contributed by atoms with E-state index in [1.165, 1.54) is 26.7 Å². The minimum Gasteiger partial charge on any atom is -0.348 e. The van der Waals surface area contributed by atoms with Crippen molar-refractivity contribution in [1.29, 1.82) is 0 Å². The molecule has 0 bridgehead atoms. The Morgan fingerprint density at radius 1 is 1.44 bits per heavy atom. The molecular weight excluding hydrogens is 218 g/mol. The molecule has 3 nitrogen and oxygen atoms in total. The zero-order valence-electron chi connectivity index (χ0n) is 9.50. The van der Waals surface area contributed by atoms with Crippen LogP contribution in [0.3, 0.4) is 0 Å². The van der Waals surface area contributed by atoms with Crippen LogP contribution in [0.5, 0.6) is 0 Å². The van der Waals surface area contributed by atoms with Crippen molar-refractivity contribution in [2.24, 2.45) is 0 Å². The molecule has 0 amide bonds. The molecule has 0 radical (unpaired) electrons. The van der Waals surface area contributed by atoms with Crippen LogP contribution in [0.25, 0.3) is 0 Å². The lowest BCUT2D eigenvalue weighted by molar-refractivity contribution is 0.560. The lowest BCUT2D eigenvalue weighted by atomic mass is 10.0. The molecule has 0 fully saturated rings. The molecule has 3 rings (SSSR count). The number of rotatable bonds is 1. The van der Waals surface area contributed by atoms with E-state index in [2.05, 4.69) is 35.2 Å². The van der Waals surface area contributed by atoms with Gasteiger partial charge in [0.2, 0.25) is 0 Å². The molecule has 1 atom stereocenters. The molecule has 0 saturated heterocycles. The third-order valence-corrected chi connectivity index (χ3v) is 4.44. The predicted molar refractivity (Wildman–Crippen MR) is 65.9 cm³/mol. The highest BCUT2D eigenvalue weighted by molar-refractivity contribution is 7.12. The zero-order valence-corrected chi connectivity index (χ0v) is 10.3. The van der Waals surface area contributed by atoms with Crippen LogP contribution in [0.15, 0.2) is 12.4 Å². The van der Waals surface area contributed by atoms with Gasteiger partial charge >= 0.3 is 0 Å². The first-order valence-electron chi connectivity index (χ1n) is 5.58. The average molecular weight is 233 g/mol. The summed E-state index contributed by atoms with van der Waals surface area (Å²) in [7, 11) is 0. The van der Waals surface area contributed by atoms with E-state index in [0.29, 0.717) is 0 Å². The topological polar surface area (TPSA) is 40.7 Å². The Bertz CT molecular complexity index is 493. The van der Waals surface area contributed by atoms with Crippen LogP contribution in [-0.4, -0.2) is 16.5 Å². The summed E-state index contributed by atoms with van der Waals surface area (Å²) in [5.41, 5.74) is 3.84. The molecule has 0 unspecified atom stereocenters. The maximum Gasteiger partial charge on any atom is 0.0926 e. The largest absolute Gasteiger partial charge is 0.348 e. The van der Waals surface area contributed by atoms with Crippen molar-refractivity contribution in [1.82, 2.24) is 15.3 Å². The van der Waals surface area contributed by atoms with Crippen molar-refractivity contribution in [3.63, 3.8) is 0 Å². The van der Waals surface area contributed by atoms with Gasteiger partial charge in [-0.25, -0.2) is 4.98 Å². The third-order valence-electron chi connectivity index (χ3n) is 3.22. The molecule has 1 aliphatic heterocycles. The van der Waals surface area contributed by atoms with Crippen LogP contribution in [0.2, 0.25) is 0 Å². The fraction of sp³-hybridized carbons (Fsp3) is 0.417. The molecular formula is C12H15N3S. The normalized spacial score (nSPS) is 19.8. The Morgan fingerprint density at radius 3 is 3.06 bits per heavy atom. The highest BCUT2D eigenvalue weighted by Gasteiger charge is 2.25. The van der Waals surface area contributed by atoms with E-state index < -0.39 is 0 Å². The fourth-order valence-corrected chi connectivity index (χ4v) is 3.32. The van der Waals surface area contributed by atoms with Gasteiger partial charge in [0.1, 0.15) is 0 Å². The van der Waals surface area contributed by atoms with Gasteiger partial charge in [0.15, 0.2) is 0 Å². The monoisotopic (exact) mass is 233 g/mol. The Labute approximate surface area is 98.9 Å². The molecule has 2 N–H and O–H groups in total. The van der Waals surface area contributed by atoms with Crippen molar-refractivity contribution >= 4 is 11.3 Å². The summed E-state index contributed by atoms with van der Waals surface area (Å²) in [5.74, 6) is 0. The molecule has 0 saturated carbocycles. The van der Waals surface area contributed by atoms with Crippen molar-refractivity contribution in [3.05, 3.63) is 39.1 Å². The molecule has 2 aromatic rings. The molecule has 4 heteroatoms. The quantitative estimate of drug-likeness (QED) is 0.793. The average Bonchev–Trinajstić information content (AvgIpc) is 2.85. The Morgan fingerprint density at radius 2 is 2.31 bits per heavy atom. The first-order chi connectivity index (χ1) is 7.75. The number of fused-ring (bicyclic) bond motifs is 1. The van der Waals surface area contributed by atoms with Crippen molar-refractivity contribution < 1.29 is 0 Å². The summed E-state index contributed by atoms with van der Waals surface area (Å²) < 4.78 is 0. The van der Waals surface area contributed by atoms with E-state index in [1.54, 1.807) is 6.33 Å². The number of aromatic amines is 1. The first kappa shape index (κ1) is 10.1. The molecule has 2 aromatic heterocycles. The van der Waals surface area contributed by atoms with Gasteiger partial charge in [-0.1, -0.05) is 0 Å². The van der Waals surface area contributed by atoms with E-state index in [0.717, 1.165) is 13.0 Å². The zero-order chi connectivity index (χ0) is 11.1. The Balaban J connectivity index is 2.03.